The summed E-state index contributed by atoms with van der Waals surface area (Å²) in [5.41, 5.74) is 0. The summed E-state index contributed by atoms with van der Waals surface area (Å²) in [5, 5.41) is 13.5. The third-order valence-corrected chi connectivity index (χ3v) is 6.35. The molecule has 3 heterocycles. The van der Waals surface area contributed by atoms with Crippen LogP contribution in [0.4, 0.5) is 0 Å². The zero-order valence-corrected chi connectivity index (χ0v) is 16.3. The van der Waals surface area contributed by atoms with Crippen LogP contribution in [0.3, 0.4) is 0 Å². The molecule has 2 aromatic heterocycles. The molecule has 0 spiro atoms. The number of aliphatic imine (C=N–C) groups is 1. The Hall–Kier alpha value is -2.40. The van der Waals surface area contributed by atoms with Gasteiger partial charge in [-0.3, -0.25) is 10.1 Å². The van der Waals surface area contributed by atoms with Gasteiger partial charge in [0.05, 0.1) is 18.6 Å². The highest BCUT2D eigenvalue weighted by molar-refractivity contribution is 7.89. The predicted molar refractivity (Wildman–Crippen MR) is 101 cm³/mol. The maximum absolute atomic E-state index is 11.9. The van der Waals surface area contributed by atoms with E-state index in [-0.39, 0.29) is 11.8 Å². The molecule has 27 heavy (non-hydrogen) atoms. The molecule has 0 aromatic carbocycles. The average molecular weight is 395 g/mol. The van der Waals surface area contributed by atoms with Crippen LogP contribution in [0.2, 0.25) is 0 Å². The van der Waals surface area contributed by atoms with Crippen molar-refractivity contribution in [1.29, 1.82) is 0 Å². The number of H-pyrrole nitrogens is 1. The summed E-state index contributed by atoms with van der Waals surface area (Å²) in [4.78, 5) is 8.59. The number of nitrogens with zero attached hydrogens (tertiary/aromatic N) is 4. The van der Waals surface area contributed by atoms with Crippen LogP contribution in [0.1, 0.15) is 25.6 Å². The minimum Gasteiger partial charge on any atom is -0.461 e. The van der Waals surface area contributed by atoms with Crippen LogP contribution in [-0.2, 0) is 16.6 Å². The van der Waals surface area contributed by atoms with Crippen LogP contribution >= 0.6 is 0 Å². The van der Waals surface area contributed by atoms with Crippen molar-refractivity contribution < 1.29 is 12.8 Å². The molecular formula is C16H25N7O3S. The number of guanidine groups is 1. The first-order valence-corrected chi connectivity index (χ1v) is 10.5. The lowest BCUT2D eigenvalue weighted by Gasteiger charge is -2.32. The Balaban J connectivity index is 1.48. The molecule has 1 aliphatic rings. The number of hydrogen-bond donors (Lipinski definition) is 3. The zero-order valence-electron chi connectivity index (χ0n) is 15.5. The summed E-state index contributed by atoms with van der Waals surface area (Å²) in [6.45, 7) is 3.15. The monoisotopic (exact) mass is 395 g/mol. The van der Waals surface area contributed by atoms with Crippen molar-refractivity contribution in [2.75, 3.05) is 25.9 Å². The van der Waals surface area contributed by atoms with Crippen LogP contribution in [0.5, 0.6) is 0 Å². The van der Waals surface area contributed by atoms with Crippen LogP contribution < -0.4 is 10.6 Å². The Morgan fingerprint density at radius 1 is 1.44 bits per heavy atom. The first-order chi connectivity index (χ1) is 13.0. The van der Waals surface area contributed by atoms with E-state index in [1.165, 1.54) is 0 Å². The Morgan fingerprint density at radius 2 is 2.22 bits per heavy atom. The number of nitrogens with one attached hydrogen (secondary N) is 3. The zero-order chi connectivity index (χ0) is 19.3. The number of aromatic amines is 1. The van der Waals surface area contributed by atoms with Crippen LogP contribution in [0.15, 0.2) is 27.8 Å². The quantitative estimate of drug-likeness (QED) is 0.481. The van der Waals surface area contributed by atoms with Gasteiger partial charge in [0.25, 0.3) is 0 Å². The number of aromatic nitrogens is 3. The van der Waals surface area contributed by atoms with Gasteiger partial charge < -0.3 is 15.1 Å². The van der Waals surface area contributed by atoms with Crippen LogP contribution in [-0.4, -0.2) is 65.8 Å². The van der Waals surface area contributed by atoms with Gasteiger partial charge in [-0.1, -0.05) is 0 Å². The van der Waals surface area contributed by atoms with Gasteiger partial charge in [-0.15, -0.1) is 5.10 Å². The van der Waals surface area contributed by atoms with E-state index >= 15 is 0 Å². The SMILES string of the molecule is CCS(=O)(=O)N1CCC(NC(=NC)NCc2nc(-c3ccco3)n[nH]2)CC1. The normalized spacial score (nSPS) is 17.2. The highest BCUT2D eigenvalue weighted by Crippen LogP contribution is 2.15. The van der Waals surface area contributed by atoms with E-state index in [4.69, 9.17) is 4.42 Å². The molecule has 11 heteroatoms. The lowest BCUT2D eigenvalue weighted by atomic mass is 10.1. The van der Waals surface area contributed by atoms with Crippen molar-refractivity contribution in [3.05, 3.63) is 24.2 Å². The van der Waals surface area contributed by atoms with Crippen LogP contribution in [0.25, 0.3) is 11.6 Å². The minimum absolute atomic E-state index is 0.144. The molecular weight excluding hydrogens is 370 g/mol. The van der Waals surface area contributed by atoms with E-state index in [2.05, 4.69) is 30.8 Å². The second-order valence-corrected chi connectivity index (χ2v) is 8.48. The fourth-order valence-corrected chi connectivity index (χ4v) is 4.04. The summed E-state index contributed by atoms with van der Waals surface area (Å²) >= 11 is 0. The molecule has 0 amide bonds. The molecule has 2 aromatic rings. The van der Waals surface area contributed by atoms with Gasteiger partial charge >= 0.3 is 0 Å². The molecule has 1 fully saturated rings. The standard InChI is InChI=1S/C16H25N7O3S/c1-3-27(24,25)23-8-6-12(7-9-23)19-16(17-2)18-11-14-20-15(22-21-14)13-5-4-10-26-13/h4-5,10,12H,3,6-9,11H2,1-2H3,(H2,17,18,19)(H,20,21,22). The first kappa shape index (κ1) is 19.4. The average Bonchev–Trinajstić information content (AvgIpc) is 3.37. The van der Waals surface area contributed by atoms with E-state index in [1.54, 1.807) is 36.7 Å². The molecule has 0 saturated carbocycles. The largest absolute Gasteiger partial charge is 0.461 e. The van der Waals surface area contributed by atoms with E-state index in [9.17, 15) is 8.42 Å². The number of hydrogen-bond acceptors (Lipinski definition) is 6. The predicted octanol–water partition coefficient (Wildman–Crippen LogP) is 0.544. The summed E-state index contributed by atoms with van der Waals surface area (Å²) in [6, 6.07) is 3.76. The third-order valence-electron chi connectivity index (χ3n) is 4.47. The van der Waals surface area contributed by atoms with Gasteiger partial charge in [0.15, 0.2) is 11.7 Å². The Labute approximate surface area is 158 Å². The minimum atomic E-state index is -3.11. The van der Waals surface area contributed by atoms with Gasteiger partial charge in [0.1, 0.15) is 5.82 Å². The van der Waals surface area contributed by atoms with Gasteiger partial charge in [-0.05, 0) is 31.9 Å². The second kappa shape index (κ2) is 8.53. The Kier molecular flexibility index (Phi) is 6.11. The molecule has 148 valence electrons. The van der Waals surface area contributed by atoms with Crippen molar-refractivity contribution in [3.63, 3.8) is 0 Å². The third kappa shape index (κ3) is 4.86. The fourth-order valence-electron chi connectivity index (χ4n) is 2.91. The summed E-state index contributed by atoms with van der Waals surface area (Å²) in [5.74, 6) is 2.56. The molecule has 3 rings (SSSR count). The Bertz CT molecular complexity index is 852. The molecule has 10 nitrogen and oxygen atoms in total. The highest BCUT2D eigenvalue weighted by atomic mass is 32.2. The topological polar surface area (TPSA) is 129 Å². The van der Waals surface area contributed by atoms with Gasteiger partial charge in [0, 0.05) is 26.2 Å². The lowest BCUT2D eigenvalue weighted by molar-refractivity contribution is 0.306. The maximum atomic E-state index is 11.9. The van der Waals surface area contributed by atoms with E-state index in [1.807, 2.05) is 0 Å². The first-order valence-electron chi connectivity index (χ1n) is 8.92. The van der Waals surface area contributed by atoms with Gasteiger partial charge in [-0.2, -0.15) is 0 Å². The molecule has 0 radical (unpaired) electrons. The van der Waals surface area contributed by atoms with Crippen LogP contribution in [0, 0.1) is 0 Å². The molecule has 3 N–H and O–H groups in total. The Morgan fingerprint density at radius 3 is 2.85 bits per heavy atom. The number of sulfonamides is 1. The van der Waals surface area contributed by atoms with E-state index in [0.29, 0.717) is 43.0 Å². The smallest absolute Gasteiger partial charge is 0.216 e. The summed E-state index contributed by atoms with van der Waals surface area (Å²) in [7, 11) is -1.41. The highest BCUT2D eigenvalue weighted by Gasteiger charge is 2.27. The van der Waals surface area contributed by atoms with Crippen molar-refractivity contribution in [2.24, 2.45) is 4.99 Å². The molecule has 0 bridgehead atoms. The number of rotatable bonds is 6. The van der Waals surface area contributed by atoms with Gasteiger partial charge in [-0.25, -0.2) is 17.7 Å². The molecule has 1 saturated heterocycles. The van der Waals surface area contributed by atoms with Crippen molar-refractivity contribution in [2.45, 2.75) is 32.4 Å². The summed E-state index contributed by atoms with van der Waals surface area (Å²) < 4.78 is 30.7. The lowest BCUT2D eigenvalue weighted by Crippen LogP contribution is -2.49. The fraction of sp³-hybridized carbons (Fsp3) is 0.562. The van der Waals surface area contributed by atoms with E-state index < -0.39 is 10.0 Å². The number of furan rings is 1. The van der Waals surface area contributed by atoms with Crippen molar-refractivity contribution in [1.82, 2.24) is 30.1 Å². The van der Waals surface area contributed by atoms with Gasteiger partial charge in [0.2, 0.25) is 15.8 Å². The molecule has 0 unspecified atom stereocenters. The number of piperidine rings is 1. The molecule has 1 aliphatic heterocycles. The molecule has 0 aliphatic carbocycles. The van der Waals surface area contributed by atoms with Crippen molar-refractivity contribution >= 4 is 16.0 Å². The second-order valence-electron chi connectivity index (χ2n) is 6.23. The maximum Gasteiger partial charge on any atom is 0.216 e. The molecule has 0 atom stereocenters. The van der Waals surface area contributed by atoms with E-state index in [0.717, 1.165) is 12.8 Å². The van der Waals surface area contributed by atoms with Crippen molar-refractivity contribution in [3.8, 4) is 11.6 Å². The summed E-state index contributed by atoms with van der Waals surface area (Å²) in [6.07, 6.45) is 3.06.